The molecule has 148 valence electrons. The first-order chi connectivity index (χ1) is 14.0. The molecule has 0 spiro atoms. The number of nitrogens with one attached hydrogen (secondary N) is 2. The summed E-state index contributed by atoms with van der Waals surface area (Å²) in [5.74, 6) is -0.216. The first-order valence-electron chi connectivity index (χ1n) is 9.49. The van der Waals surface area contributed by atoms with Gasteiger partial charge in [-0.05, 0) is 35.4 Å². The average Bonchev–Trinajstić information content (AvgIpc) is 2.75. The molecule has 3 rings (SSSR count). The molecule has 5 nitrogen and oxygen atoms in total. The van der Waals surface area contributed by atoms with Crippen molar-refractivity contribution in [2.24, 2.45) is 0 Å². The van der Waals surface area contributed by atoms with Gasteiger partial charge < -0.3 is 10.2 Å². The van der Waals surface area contributed by atoms with E-state index < -0.39 is 0 Å². The monoisotopic (exact) mass is 387 g/mol. The van der Waals surface area contributed by atoms with E-state index in [4.69, 9.17) is 0 Å². The minimum Gasteiger partial charge on any atom is -0.345 e. The van der Waals surface area contributed by atoms with Crippen molar-refractivity contribution in [2.45, 2.75) is 6.04 Å². The molecule has 2 amide bonds. The van der Waals surface area contributed by atoms with Crippen LogP contribution >= 0.6 is 0 Å². The number of anilines is 1. The zero-order valence-corrected chi connectivity index (χ0v) is 16.6. The molecule has 0 saturated heterocycles. The van der Waals surface area contributed by atoms with Gasteiger partial charge in [0.2, 0.25) is 5.91 Å². The van der Waals surface area contributed by atoms with Gasteiger partial charge in [-0.1, -0.05) is 60.7 Å². The third-order valence-electron chi connectivity index (χ3n) is 4.55. The van der Waals surface area contributed by atoms with Gasteiger partial charge >= 0.3 is 0 Å². The van der Waals surface area contributed by atoms with E-state index in [1.165, 1.54) is 4.90 Å². The van der Waals surface area contributed by atoms with E-state index in [-0.39, 0.29) is 24.4 Å². The Kier molecular flexibility index (Phi) is 6.76. The maximum atomic E-state index is 12.5. The molecule has 0 aliphatic heterocycles. The number of carbonyl (C=O) groups is 2. The fraction of sp³-hybridized carbons (Fsp3) is 0.167. The minimum absolute atomic E-state index is 0.0712. The van der Waals surface area contributed by atoms with Crippen LogP contribution in [0.15, 0.2) is 84.9 Å². The number of amides is 2. The van der Waals surface area contributed by atoms with Crippen molar-refractivity contribution in [1.29, 1.82) is 0 Å². The summed E-state index contributed by atoms with van der Waals surface area (Å²) in [6.45, 7) is 0.160. The number of hydrogen-bond donors (Lipinski definition) is 2. The number of hydrogen-bond acceptors (Lipinski definition) is 3. The number of carbonyl (C=O) groups excluding carboxylic acids is 2. The normalized spacial score (nSPS) is 10.6. The quantitative estimate of drug-likeness (QED) is 0.650. The molecule has 29 heavy (non-hydrogen) atoms. The predicted molar refractivity (Wildman–Crippen MR) is 116 cm³/mol. The van der Waals surface area contributed by atoms with Gasteiger partial charge in [0.15, 0.2) is 0 Å². The topological polar surface area (TPSA) is 61.4 Å². The Morgan fingerprint density at radius 2 is 1.31 bits per heavy atom. The molecule has 0 saturated carbocycles. The van der Waals surface area contributed by atoms with Crippen LogP contribution < -0.4 is 10.6 Å². The molecule has 5 heteroatoms. The van der Waals surface area contributed by atoms with Crippen LogP contribution in [-0.4, -0.2) is 37.4 Å². The second kappa shape index (κ2) is 9.66. The molecular formula is C24H25N3O2. The molecule has 3 aromatic carbocycles. The van der Waals surface area contributed by atoms with Crippen LogP contribution in [0, 0.1) is 0 Å². The SMILES string of the molecule is CN(C)C(=O)c1ccc(NC(=O)CNC(c2ccccc2)c2ccccc2)cc1. The van der Waals surface area contributed by atoms with Crippen LogP contribution in [-0.2, 0) is 4.79 Å². The van der Waals surface area contributed by atoms with Crippen molar-refractivity contribution in [3.63, 3.8) is 0 Å². The number of benzene rings is 3. The van der Waals surface area contributed by atoms with E-state index in [9.17, 15) is 9.59 Å². The predicted octanol–water partition coefficient (Wildman–Crippen LogP) is 3.71. The third kappa shape index (κ3) is 5.53. The van der Waals surface area contributed by atoms with Crippen molar-refractivity contribution in [1.82, 2.24) is 10.2 Å². The van der Waals surface area contributed by atoms with Crippen LogP contribution in [0.25, 0.3) is 0 Å². The summed E-state index contributed by atoms with van der Waals surface area (Å²) < 4.78 is 0. The smallest absolute Gasteiger partial charge is 0.253 e. The first kappa shape index (κ1) is 20.3. The fourth-order valence-corrected chi connectivity index (χ4v) is 3.07. The molecule has 0 fully saturated rings. The maximum Gasteiger partial charge on any atom is 0.253 e. The fourth-order valence-electron chi connectivity index (χ4n) is 3.07. The summed E-state index contributed by atoms with van der Waals surface area (Å²) in [5, 5.41) is 6.21. The highest BCUT2D eigenvalue weighted by molar-refractivity contribution is 5.96. The lowest BCUT2D eigenvalue weighted by atomic mass is 9.99. The molecule has 3 aromatic rings. The van der Waals surface area contributed by atoms with Gasteiger partial charge in [0.25, 0.3) is 5.91 Å². The average molecular weight is 387 g/mol. The molecule has 0 heterocycles. The second-order valence-electron chi connectivity index (χ2n) is 6.96. The number of nitrogens with zero attached hydrogens (tertiary/aromatic N) is 1. The van der Waals surface area contributed by atoms with E-state index in [0.29, 0.717) is 11.3 Å². The van der Waals surface area contributed by atoms with Gasteiger partial charge in [0.05, 0.1) is 12.6 Å². The summed E-state index contributed by atoms with van der Waals surface area (Å²) in [6.07, 6.45) is 0. The zero-order chi connectivity index (χ0) is 20.6. The van der Waals surface area contributed by atoms with Crippen LogP contribution in [0.1, 0.15) is 27.5 Å². The van der Waals surface area contributed by atoms with Crippen molar-refractivity contribution >= 4 is 17.5 Å². The second-order valence-corrected chi connectivity index (χ2v) is 6.96. The lowest BCUT2D eigenvalue weighted by Gasteiger charge is -2.19. The van der Waals surface area contributed by atoms with Crippen molar-refractivity contribution in [3.05, 3.63) is 102 Å². The lowest BCUT2D eigenvalue weighted by molar-refractivity contribution is -0.115. The van der Waals surface area contributed by atoms with Crippen molar-refractivity contribution < 1.29 is 9.59 Å². The van der Waals surface area contributed by atoms with Crippen LogP contribution in [0.3, 0.4) is 0 Å². The highest BCUT2D eigenvalue weighted by atomic mass is 16.2. The largest absolute Gasteiger partial charge is 0.345 e. The summed E-state index contributed by atoms with van der Waals surface area (Å²) in [6, 6.07) is 26.9. The van der Waals surface area contributed by atoms with Gasteiger partial charge in [-0.25, -0.2) is 0 Å². The standard InChI is InChI=1S/C24H25N3O2/c1-27(2)24(29)20-13-15-21(16-14-20)26-22(28)17-25-23(18-9-5-3-6-10-18)19-11-7-4-8-12-19/h3-16,23,25H,17H2,1-2H3,(H,26,28). The Hall–Kier alpha value is -3.44. The van der Waals surface area contributed by atoms with E-state index in [0.717, 1.165) is 11.1 Å². The summed E-state index contributed by atoms with van der Waals surface area (Å²) in [7, 11) is 3.42. The van der Waals surface area contributed by atoms with Crippen LogP contribution in [0.4, 0.5) is 5.69 Å². The minimum atomic E-state index is -0.145. The molecule has 0 bridgehead atoms. The Balaban J connectivity index is 1.64. The Bertz CT molecular complexity index is 899. The molecule has 0 aromatic heterocycles. The summed E-state index contributed by atoms with van der Waals surface area (Å²) in [5.41, 5.74) is 3.43. The Morgan fingerprint density at radius 3 is 1.79 bits per heavy atom. The molecule has 0 atom stereocenters. The Morgan fingerprint density at radius 1 is 0.793 bits per heavy atom. The molecular weight excluding hydrogens is 362 g/mol. The lowest BCUT2D eigenvalue weighted by Crippen LogP contribution is -2.32. The van der Waals surface area contributed by atoms with Gasteiger partial charge in [-0.2, -0.15) is 0 Å². The van der Waals surface area contributed by atoms with Gasteiger partial charge in [-0.3, -0.25) is 14.9 Å². The van der Waals surface area contributed by atoms with Crippen LogP contribution in [0.2, 0.25) is 0 Å². The van der Waals surface area contributed by atoms with E-state index in [1.54, 1.807) is 38.4 Å². The maximum absolute atomic E-state index is 12.5. The first-order valence-corrected chi connectivity index (χ1v) is 9.49. The van der Waals surface area contributed by atoms with Gasteiger partial charge in [0.1, 0.15) is 0 Å². The number of rotatable bonds is 7. The zero-order valence-electron chi connectivity index (χ0n) is 16.6. The van der Waals surface area contributed by atoms with E-state index >= 15 is 0 Å². The molecule has 0 aliphatic rings. The van der Waals surface area contributed by atoms with Gasteiger partial charge in [0, 0.05) is 25.3 Å². The molecule has 0 unspecified atom stereocenters. The highest BCUT2D eigenvalue weighted by Crippen LogP contribution is 2.21. The molecule has 0 radical (unpaired) electrons. The van der Waals surface area contributed by atoms with Crippen molar-refractivity contribution in [2.75, 3.05) is 26.0 Å². The summed E-state index contributed by atoms with van der Waals surface area (Å²) >= 11 is 0. The van der Waals surface area contributed by atoms with E-state index in [1.807, 2.05) is 60.7 Å². The highest BCUT2D eigenvalue weighted by Gasteiger charge is 2.15. The summed E-state index contributed by atoms with van der Waals surface area (Å²) in [4.78, 5) is 25.9. The van der Waals surface area contributed by atoms with E-state index in [2.05, 4.69) is 10.6 Å². The Labute approximate surface area is 171 Å². The molecule has 0 aliphatic carbocycles. The molecule has 2 N–H and O–H groups in total. The van der Waals surface area contributed by atoms with Crippen LogP contribution in [0.5, 0.6) is 0 Å². The van der Waals surface area contributed by atoms with Gasteiger partial charge in [-0.15, -0.1) is 0 Å². The van der Waals surface area contributed by atoms with Crippen molar-refractivity contribution in [3.8, 4) is 0 Å². The third-order valence-corrected chi connectivity index (χ3v) is 4.55.